The number of carbonyl (C=O) groups is 6. The standard InChI is InChI=1S/C29H47N5O7/c1-9-12-21-27(38)34-16-11-13-20(34)26(37)31-23(18(5)10-2)28(39)33(8)24(17(3)4)29(40)32(7)19(6)25(36)30-15-14-22(35)41-21/h9,17-21,23-24H,1,10-16H2,2-8H3,(H,30,36)(H,31,37)/t18-,19-,20-,21+,23-,24?/m0/s1. The fourth-order valence-electron chi connectivity index (χ4n) is 5.25. The van der Waals surface area contributed by atoms with Crippen LogP contribution < -0.4 is 10.6 Å². The molecule has 2 rings (SSSR count). The van der Waals surface area contributed by atoms with Crippen LogP contribution in [-0.4, -0.2) is 108 Å². The fraction of sp³-hybridized carbons (Fsp3) is 0.724. The number of carbonyl (C=O) groups excluding carboxylic acids is 6. The Morgan fingerprint density at radius 3 is 2.24 bits per heavy atom. The van der Waals surface area contributed by atoms with Crippen molar-refractivity contribution in [2.75, 3.05) is 27.2 Å². The number of hydrogen-bond acceptors (Lipinski definition) is 7. The fourth-order valence-corrected chi connectivity index (χ4v) is 5.25. The van der Waals surface area contributed by atoms with Crippen molar-refractivity contribution in [2.24, 2.45) is 11.8 Å². The van der Waals surface area contributed by atoms with E-state index in [1.54, 1.807) is 6.92 Å². The number of rotatable bonds is 5. The molecule has 0 aromatic rings. The smallest absolute Gasteiger partial charge is 0.308 e. The second-order valence-electron chi connectivity index (χ2n) is 11.4. The molecule has 0 radical (unpaired) electrons. The maximum Gasteiger partial charge on any atom is 0.308 e. The summed E-state index contributed by atoms with van der Waals surface area (Å²) >= 11 is 0. The van der Waals surface area contributed by atoms with Crippen molar-refractivity contribution in [2.45, 2.75) is 97.0 Å². The zero-order valence-corrected chi connectivity index (χ0v) is 25.5. The van der Waals surface area contributed by atoms with Gasteiger partial charge in [0.05, 0.1) is 6.42 Å². The van der Waals surface area contributed by atoms with Crippen LogP contribution in [0.5, 0.6) is 0 Å². The molecule has 2 saturated heterocycles. The van der Waals surface area contributed by atoms with Crippen LogP contribution in [0.25, 0.3) is 0 Å². The average molecular weight is 578 g/mol. The van der Waals surface area contributed by atoms with Crippen LogP contribution in [0.4, 0.5) is 0 Å². The van der Waals surface area contributed by atoms with Gasteiger partial charge < -0.3 is 30.1 Å². The molecule has 2 N–H and O–H groups in total. The lowest BCUT2D eigenvalue weighted by atomic mass is 9.94. The summed E-state index contributed by atoms with van der Waals surface area (Å²) in [6.45, 7) is 12.8. The van der Waals surface area contributed by atoms with Gasteiger partial charge in [0.1, 0.15) is 24.2 Å². The van der Waals surface area contributed by atoms with Crippen molar-refractivity contribution in [1.29, 1.82) is 0 Å². The minimum absolute atomic E-state index is 0.0566. The predicted molar refractivity (Wildman–Crippen MR) is 152 cm³/mol. The average Bonchev–Trinajstić information content (AvgIpc) is 3.43. The van der Waals surface area contributed by atoms with Crippen LogP contribution in [0.3, 0.4) is 0 Å². The SMILES string of the molecule is C=CC[C@H]1OC(=O)CCNC(=O)[C@H](C)N(C)C(=O)C(C(C)C)N(C)C(=O)[C@H]([C@@H](C)CC)NC(=O)[C@@H]2CCCN2C1=O. The van der Waals surface area contributed by atoms with Gasteiger partial charge in [-0.05, 0) is 31.6 Å². The highest BCUT2D eigenvalue weighted by Gasteiger charge is 2.42. The highest BCUT2D eigenvalue weighted by Crippen LogP contribution is 2.23. The monoisotopic (exact) mass is 577 g/mol. The van der Waals surface area contributed by atoms with E-state index in [1.807, 2.05) is 27.7 Å². The molecule has 0 bridgehead atoms. The van der Waals surface area contributed by atoms with E-state index in [2.05, 4.69) is 17.2 Å². The van der Waals surface area contributed by atoms with Crippen LogP contribution in [0.2, 0.25) is 0 Å². The molecule has 2 aliphatic heterocycles. The van der Waals surface area contributed by atoms with E-state index in [1.165, 1.54) is 34.9 Å². The first-order valence-electron chi connectivity index (χ1n) is 14.5. The Hall–Kier alpha value is -3.44. The Morgan fingerprint density at radius 2 is 1.66 bits per heavy atom. The quantitative estimate of drug-likeness (QED) is 0.364. The third-order valence-corrected chi connectivity index (χ3v) is 8.13. The topological polar surface area (TPSA) is 145 Å². The molecule has 1 unspecified atom stereocenters. The van der Waals surface area contributed by atoms with Gasteiger partial charge >= 0.3 is 5.97 Å². The van der Waals surface area contributed by atoms with Gasteiger partial charge in [0.2, 0.25) is 23.6 Å². The molecule has 0 aromatic carbocycles. The minimum atomic E-state index is -1.17. The van der Waals surface area contributed by atoms with Gasteiger partial charge in [0.25, 0.3) is 5.91 Å². The number of nitrogens with one attached hydrogen (secondary N) is 2. The third kappa shape index (κ3) is 8.07. The molecule has 0 saturated carbocycles. The van der Waals surface area contributed by atoms with Gasteiger partial charge in [0, 0.05) is 33.6 Å². The van der Waals surface area contributed by atoms with Crippen molar-refractivity contribution in [1.82, 2.24) is 25.3 Å². The molecule has 0 aromatic heterocycles. The lowest BCUT2D eigenvalue weighted by Gasteiger charge is -2.38. The zero-order chi connectivity index (χ0) is 31.0. The van der Waals surface area contributed by atoms with Crippen LogP contribution in [-0.2, 0) is 33.5 Å². The van der Waals surface area contributed by atoms with Crippen LogP contribution in [0, 0.1) is 11.8 Å². The number of amides is 5. The molecule has 230 valence electrons. The molecule has 0 spiro atoms. The van der Waals surface area contributed by atoms with Gasteiger partial charge in [-0.15, -0.1) is 6.58 Å². The number of cyclic esters (lactones) is 1. The summed E-state index contributed by atoms with van der Waals surface area (Å²) in [6, 6.07) is -3.57. The van der Waals surface area contributed by atoms with Gasteiger partial charge in [-0.3, -0.25) is 28.8 Å². The summed E-state index contributed by atoms with van der Waals surface area (Å²) in [6.07, 6.45) is 1.70. The largest absolute Gasteiger partial charge is 0.452 e. The summed E-state index contributed by atoms with van der Waals surface area (Å²) in [5, 5.41) is 5.51. The van der Waals surface area contributed by atoms with E-state index in [-0.39, 0.29) is 31.2 Å². The van der Waals surface area contributed by atoms with E-state index in [0.29, 0.717) is 25.8 Å². The number of esters is 1. The summed E-state index contributed by atoms with van der Waals surface area (Å²) in [4.78, 5) is 84.0. The Kier molecular flexibility index (Phi) is 12.3. The molecular formula is C29H47N5O7. The molecule has 12 nitrogen and oxygen atoms in total. The summed E-state index contributed by atoms with van der Waals surface area (Å²) < 4.78 is 5.45. The molecule has 6 atom stereocenters. The number of nitrogens with zero attached hydrogens (tertiary/aromatic N) is 3. The maximum absolute atomic E-state index is 13.9. The van der Waals surface area contributed by atoms with E-state index in [9.17, 15) is 28.8 Å². The van der Waals surface area contributed by atoms with E-state index >= 15 is 0 Å². The second kappa shape index (κ2) is 15.0. The first-order chi connectivity index (χ1) is 19.3. The normalized spacial score (nSPS) is 28.8. The Balaban J connectivity index is 2.53. The van der Waals surface area contributed by atoms with Gasteiger partial charge in [-0.1, -0.05) is 40.2 Å². The molecule has 0 aliphatic carbocycles. The maximum atomic E-state index is 13.9. The summed E-state index contributed by atoms with van der Waals surface area (Å²) in [5.74, 6) is -3.58. The van der Waals surface area contributed by atoms with Crippen molar-refractivity contribution in [3.8, 4) is 0 Å². The van der Waals surface area contributed by atoms with Crippen molar-refractivity contribution in [3.05, 3.63) is 12.7 Å². The van der Waals surface area contributed by atoms with Crippen LogP contribution >= 0.6 is 0 Å². The highest BCUT2D eigenvalue weighted by atomic mass is 16.5. The van der Waals surface area contributed by atoms with Crippen LogP contribution in [0.1, 0.15) is 66.7 Å². The molecule has 2 heterocycles. The number of likely N-dealkylation sites (N-methyl/N-ethyl adjacent to an activating group) is 2. The molecule has 2 aliphatic rings. The Bertz CT molecular complexity index is 1020. The molecule has 12 heteroatoms. The molecule has 5 amide bonds. The van der Waals surface area contributed by atoms with Crippen molar-refractivity contribution >= 4 is 35.5 Å². The second-order valence-corrected chi connectivity index (χ2v) is 11.4. The van der Waals surface area contributed by atoms with Gasteiger partial charge in [-0.25, -0.2) is 0 Å². The van der Waals surface area contributed by atoms with E-state index in [0.717, 1.165) is 0 Å². The third-order valence-electron chi connectivity index (χ3n) is 8.13. The number of ether oxygens (including phenoxy) is 1. The summed E-state index contributed by atoms with van der Waals surface area (Å²) in [5.41, 5.74) is 0. The molecular weight excluding hydrogens is 530 g/mol. The predicted octanol–water partition coefficient (Wildman–Crippen LogP) is 0.846. The Labute approximate surface area is 243 Å². The zero-order valence-electron chi connectivity index (χ0n) is 25.5. The number of fused-ring (bicyclic) bond motifs is 1. The van der Waals surface area contributed by atoms with Crippen molar-refractivity contribution < 1.29 is 33.5 Å². The van der Waals surface area contributed by atoms with E-state index < -0.39 is 65.8 Å². The highest BCUT2D eigenvalue weighted by molar-refractivity contribution is 5.96. The van der Waals surface area contributed by atoms with Gasteiger partial charge in [-0.2, -0.15) is 0 Å². The first-order valence-corrected chi connectivity index (χ1v) is 14.5. The molecule has 41 heavy (non-hydrogen) atoms. The number of hydrogen-bond donors (Lipinski definition) is 2. The lowest BCUT2D eigenvalue weighted by molar-refractivity contribution is -0.161. The van der Waals surface area contributed by atoms with Crippen LogP contribution in [0.15, 0.2) is 12.7 Å². The first kappa shape index (κ1) is 33.8. The van der Waals surface area contributed by atoms with Gasteiger partial charge in [0.15, 0.2) is 6.10 Å². The lowest BCUT2D eigenvalue weighted by Crippen LogP contribution is -2.60. The Morgan fingerprint density at radius 1 is 1.00 bits per heavy atom. The van der Waals surface area contributed by atoms with Crippen molar-refractivity contribution in [3.63, 3.8) is 0 Å². The molecule has 2 fully saturated rings. The minimum Gasteiger partial charge on any atom is -0.452 e. The van der Waals surface area contributed by atoms with E-state index in [4.69, 9.17) is 4.74 Å². The summed E-state index contributed by atoms with van der Waals surface area (Å²) in [7, 11) is 3.02.